The summed E-state index contributed by atoms with van der Waals surface area (Å²) in [5.74, 6) is 0.0104. The van der Waals surface area contributed by atoms with Crippen molar-refractivity contribution in [2.45, 2.75) is 64.3 Å². The van der Waals surface area contributed by atoms with Crippen LogP contribution < -0.4 is 0 Å². The topological polar surface area (TPSA) is 46.5 Å². The van der Waals surface area contributed by atoms with Crippen LogP contribution in [-0.2, 0) is 9.53 Å². The minimum absolute atomic E-state index is 0.0701. The van der Waals surface area contributed by atoms with Crippen molar-refractivity contribution >= 4 is 5.78 Å². The highest BCUT2D eigenvalue weighted by Gasteiger charge is 2.59. The molecule has 19 heavy (non-hydrogen) atoms. The average Bonchev–Trinajstić information content (AvgIpc) is 2.53. The largest absolute Gasteiger partial charge is 0.390 e. The molecule has 2 aliphatic rings. The first kappa shape index (κ1) is 14.5. The van der Waals surface area contributed by atoms with Crippen molar-refractivity contribution in [2.75, 3.05) is 0 Å². The summed E-state index contributed by atoms with van der Waals surface area (Å²) in [6.45, 7) is 11.8. The van der Waals surface area contributed by atoms with E-state index in [-0.39, 0.29) is 11.7 Å². The van der Waals surface area contributed by atoms with E-state index in [9.17, 15) is 9.90 Å². The second kappa shape index (κ2) is 4.57. The maximum atomic E-state index is 12.0. The Balaban J connectivity index is 2.26. The molecule has 1 aliphatic heterocycles. The maximum Gasteiger partial charge on any atom is 0.161 e. The van der Waals surface area contributed by atoms with Crippen LogP contribution in [0.3, 0.4) is 0 Å². The Labute approximate surface area is 115 Å². The number of ketones is 1. The monoisotopic (exact) mass is 264 g/mol. The zero-order valence-electron chi connectivity index (χ0n) is 12.3. The highest BCUT2D eigenvalue weighted by atomic mass is 16.5. The Bertz CT molecular complexity index is 447. The maximum absolute atomic E-state index is 12.0. The molecule has 2 bridgehead atoms. The van der Waals surface area contributed by atoms with Gasteiger partial charge in [-0.05, 0) is 46.1 Å². The van der Waals surface area contributed by atoms with E-state index in [1.807, 2.05) is 33.8 Å². The van der Waals surface area contributed by atoms with E-state index in [0.717, 1.165) is 6.42 Å². The lowest BCUT2D eigenvalue weighted by Gasteiger charge is -2.35. The third-order valence-electron chi connectivity index (χ3n) is 4.52. The number of aliphatic hydroxyl groups excluding tert-OH is 1. The van der Waals surface area contributed by atoms with Gasteiger partial charge in [0, 0.05) is 12.3 Å². The first-order valence-corrected chi connectivity index (χ1v) is 6.91. The molecule has 3 nitrogen and oxygen atoms in total. The van der Waals surface area contributed by atoms with E-state index in [4.69, 9.17) is 4.74 Å². The first-order valence-electron chi connectivity index (χ1n) is 6.91. The molecule has 0 aromatic carbocycles. The van der Waals surface area contributed by atoms with E-state index in [1.54, 1.807) is 0 Å². The van der Waals surface area contributed by atoms with Crippen molar-refractivity contribution in [3.63, 3.8) is 0 Å². The van der Waals surface area contributed by atoms with Gasteiger partial charge in [-0.1, -0.05) is 18.2 Å². The fourth-order valence-corrected chi connectivity index (χ4v) is 3.38. The van der Waals surface area contributed by atoms with Crippen LogP contribution in [0, 0.1) is 5.92 Å². The molecule has 0 unspecified atom stereocenters. The van der Waals surface area contributed by atoms with Crippen molar-refractivity contribution in [1.29, 1.82) is 0 Å². The van der Waals surface area contributed by atoms with E-state index in [2.05, 4.69) is 6.58 Å². The van der Waals surface area contributed by atoms with Gasteiger partial charge in [0.2, 0.25) is 0 Å². The molecule has 1 N–H and O–H groups in total. The SMILES string of the molecule is C=C1C(=O)C[C@@]2(C)C[C@@H]1[C@](C)([C@H](O)CC=C(C)C)O2. The number of carbonyl (C=O) groups is 1. The number of hydrogen-bond donors (Lipinski definition) is 1. The van der Waals surface area contributed by atoms with Crippen molar-refractivity contribution in [3.8, 4) is 0 Å². The Morgan fingerprint density at radius 2 is 2.21 bits per heavy atom. The zero-order valence-corrected chi connectivity index (χ0v) is 12.3. The second-order valence-corrected chi connectivity index (χ2v) is 6.65. The number of Topliss-reactive ketones (excluding diaryl/α,β-unsaturated/α-hetero) is 1. The van der Waals surface area contributed by atoms with Crippen molar-refractivity contribution in [2.24, 2.45) is 5.92 Å². The number of carbonyl (C=O) groups excluding carboxylic acids is 1. The molecule has 1 saturated heterocycles. The van der Waals surface area contributed by atoms with Crippen molar-refractivity contribution < 1.29 is 14.6 Å². The quantitative estimate of drug-likeness (QED) is 0.630. The molecule has 0 aromatic heterocycles. The number of hydrogen-bond acceptors (Lipinski definition) is 3. The lowest BCUT2D eigenvalue weighted by molar-refractivity contribution is -0.147. The van der Waals surface area contributed by atoms with Gasteiger partial charge >= 0.3 is 0 Å². The number of allylic oxidation sites excluding steroid dienone is 1. The third-order valence-corrected chi connectivity index (χ3v) is 4.52. The zero-order chi connectivity index (χ0) is 14.4. The molecule has 2 fully saturated rings. The summed E-state index contributed by atoms with van der Waals surface area (Å²) < 4.78 is 6.13. The molecule has 106 valence electrons. The van der Waals surface area contributed by atoms with Gasteiger partial charge in [0.25, 0.3) is 0 Å². The smallest absolute Gasteiger partial charge is 0.161 e. The van der Waals surface area contributed by atoms with Crippen LogP contribution in [0.25, 0.3) is 0 Å². The average molecular weight is 264 g/mol. The van der Waals surface area contributed by atoms with E-state index in [1.165, 1.54) is 5.57 Å². The summed E-state index contributed by atoms with van der Waals surface area (Å²) in [6.07, 6.45) is 3.10. The summed E-state index contributed by atoms with van der Waals surface area (Å²) in [5.41, 5.74) is 0.645. The molecule has 0 radical (unpaired) electrons. The molecule has 0 aromatic rings. The lowest BCUT2D eigenvalue weighted by atomic mass is 9.71. The molecule has 3 heteroatoms. The van der Waals surface area contributed by atoms with Crippen LogP contribution in [0.15, 0.2) is 23.8 Å². The van der Waals surface area contributed by atoms with E-state index < -0.39 is 17.3 Å². The van der Waals surface area contributed by atoms with Crippen LogP contribution in [-0.4, -0.2) is 28.2 Å². The van der Waals surface area contributed by atoms with Crippen molar-refractivity contribution in [1.82, 2.24) is 0 Å². The molecular formula is C16H24O3. The van der Waals surface area contributed by atoms with Crippen LogP contribution in [0.4, 0.5) is 0 Å². The van der Waals surface area contributed by atoms with Gasteiger partial charge in [0.15, 0.2) is 5.78 Å². The van der Waals surface area contributed by atoms with Crippen LogP contribution in [0.5, 0.6) is 0 Å². The molecule has 0 spiro atoms. The summed E-state index contributed by atoms with van der Waals surface area (Å²) >= 11 is 0. The fraction of sp³-hybridized carbons (Fsp3) is 0.688. The molecule has 1 aliphatic carbocycles. The first-order chi connectivity index (χ1) is 8.68. The molecular weight excluding hydrogens is 240 g/mol. The van der Waals surface area contributed by atoms with E-state index in [0.29, 0.717) is 18.4 Å². The van der Waals surface area contributed by atoms with Gasteiger partial charge in [0.1, 0.15) is 0 Å². The summed E-state index contributed by atoms with van der Waals surface area (Å²) in [5, 5.41) is 10.5. The second-order valence-electron chi connectivity index (χ2n) is 6.65. The summed E-state index contributed by atoms with van der Waals surface area (Å²) in [6, 6.07) is 0. The summed E-state index contributed by atoms with van der Waals surface area (Å²) in [4.78, 5) is 12.0. The van der Waals surface area contributed by atoms with Gasteiger partial charge in [-0.15, -0.1) is 0 Å². The third kappa shape index (κ3) is 2.41. The van der Waals surface area contributed by atoms with E-state index >= 15 is 0 Å². The van der Waals surface area contributed by atoms with Crippen molar-refractivity contribution in [3.05, 3.63) is 23.8 Å². The molecule has 1 heterocycles. The molecule has 4 atom stereocenters. The predicted molar refractivity (Wildman–Crippen MR) is 74.8 cm³/mol. The van der Waals surface area contributed by atoms with Crippen LogP contribution in [0.2, 0.25) is 0 Å². The normalized spacial score (nSPS) is 39.3. The van der Waals surface area contributed by atoms with Gasteiger partial charge in [-0.25, -0.2) is 0 Å². The number of ether oxygens (including phenoxy) is 1. The Hall–Kier alpha value is -0.930. The highest BCUT2D eigenvalue weighted by Crippen LogP contribution is 2.53. The molecule has 2 rings (SSSR count). The fourth-order valence-electron chi connectivity index (χ4n) is 3.38. The van der Waals surface area contributed by atoms with Crippen LogP contribution >= 0.6 is 0 Å². The lowest BCUT2D eigenvalue weighted by Crippen LogP contribution is -2.45. The minimum Gasteiger partial charge on any atom is -0.390 e. The van der Waals surface area contributed by atoms with Gasteiger partial charge in [-0.2, -0.15) is 0 Å². The Kier molecular flexibility index (Phi) is 3.48. The highest BCUT2D eigenvalue weighted by molar-refractivity contribution is 5.97. The Morgan fingerprint density at radius 1 is 1.58 bits per heavy atom. The van der Waals surface area contributed by atoms with Gasteiger partial charge in [0.05, 0.1) is 17.3 Å². The predicted octanol–water partition coefficient (Wildman–Crippen LogP) is 2.79. The number of fused-ring (bicyclic) bond motifs is 2. The molecule has 0 amide bonds. The van der Waals surface area contributed by atoms with Gasteiger partial charge in [-0.3, -0.25) is 4.79 Å². The molecule has 1 saturated carbocycles. The van der Waals surface area contributed by atoms with Gasteiger partial charge < -0.3 is 9.84 Å². The van der Waals surface area contributed by atoms with Crippen LogP contribution in [0.1, 0.15) is 47.0 Å². The number of rotatable bonds is 3. The Morgan fingerprint density at radius 3 is 2.79 bits per heavy atom. The standard InChI is InChI=1S/C16H24O3/c1-10(2)6-7-14(18)16(5)12-8-15(4,19-16)9-13(17)11(12)3/h6,12,14,18H,3,7-9H2,1-2,4-5H3/t12-,14+,15+,16+/m0/s1. The summed E-state index contributed by atoms with van der Waals surface area (Å²) in [7, 11) is 0. The number of aliphatic hydroxyl groups is 1. The minimum atomic E-state index is -0.704.